The summed E-state index contributed by atoms with van der Waals surface area (Å²) in [4.78, 5) is 8.18. The maximum Gasteiger partial charge on any atom is 0.231 e. The van der Waals surface area contributed by atoms with E-state index >= 15 is 0 Å². The summed E-state index contributed by atoms with van der Waals surface area (Å²) in [5.74, 6) is 0. The van der Waals surface area contributed by atoms with Crippen molar-refractivity contribution in [2.45, 2.75) is 31.0 Å². The largest absolute Gasteiger partial charge is 0.361 e. The van der Waals surface area contributed by atoms with E-state index in [-0.39, 0.29) is 11.9 Å². The van der Waals surface area contributed by atoms with Gasteiger partial charge in [-0.3, -0.25) is 4.57 Å². The number of pyridine rings is 1. The first-order valence-electron chi connectivity index (χ1n) is 6.48. The number of aromatic nitrogens is 3. The van der Waals surface area contributed by atoms with Crippen LogP contribution in [-0.4, -0.2) is 44.6 Å². The van der Waals surface area contributed by atoms with Crippen LogP contribution in [0.3, 0.4) is 0 Å². The molecule has 0 bridgehead atoms. The van der Waals surface area contributed by atoms with Gasteiger partial charge in [-0.05, 0) is 18.2 Å². The fourth-order valence-corrected chi connectivity index (χ4v) is 3.26. The van der Waals surface area contributed by atoms with Crippen LogP contribution in [-0.2, 0) is 21.3 Å². The number of fused-ring (bicyclic) bond motifs is 1. The van der Waals surface area contributed by atoms with Gasteiger partial charge in [0.15, 0.2) is 5.65 Å². The van der Waals surface area contributed by atoms with E-state index in [1.807, 2.05) is 0 Å². The van der Waals surface area contributed by atoms with E-state index in [4.69, 9.17) is 4.74 Å². The lowest BCUT2D eigenvalue weighted by Crippen LogP contribution is -2.13. The molecular formula is C12H19N3O3SSi. The standard InChI is InChI=1S/C12H19N3O3SSi/c1-19(16,17)12-14-11-10(5-4-6-13-11)15(12)9-18-7-8-20(2)3/h4-6,20H,7-9H2,1-3H3. The Kier molecular flexibility index (Phi) is 4.56. The summed E-state index contributed by atoms with van der Waals surface area (Å²) < 4.78 is 30.8. The molecule has 0 radical (unpaired) electrons. The summed E-state index contributed by atoms with van der Waals surface area (Å²) in [5, 5.41) is 0.00740. The number of imidazole rings is 1. The van der Waals surface area contributed by atoms with Crippen molar-refractivity contribution < 1.29 is 13.2 Å². The van der Waals surface area contributed by atoms with Crippen LogP contribution in [0.5, 0.6) is 0 Å². The summed E-state index contributed by atoms with van der Waals surface area (Å²) in [6.07, 6.45) is 2.74. The van der Waals surface area contributed by atoms with Crippen LogP contribution in [0.1, 0.15) is 0 Å². The van der Waals surface area contributed by atoms with Gasteiger partial charge in [-0.2, -0.15) is 4.98 Å². The number of rotatable bonds is 6. The third-order valence-electron chi connectivity index (χ3n) is 2.88. The molecule has 0 saturated heterocycles. The maximum atomic E-state index is 11.8. The van der Waals surface area contributed by atoms with Gasteiger partial charge < -0.3 is 4.74 Å². The summed E-state index contributed by atoms with van der Waals surface area (Å²) in [5.41, 5.74) is 1.10. The van der Waals surface area contributed by atoms with Gasteiger partial charge in [0, 0.05) is 27.9 Å². The van der Waals surface area contributed by atoms with Crippen molar-refractivity contribution in [2.75, 3.05) is 12.9 Å². The lowest BCUT2D eigenvalue weighted by Gasteiger charge is -2.09. The second kappa shape index (κ2) is 6.02. The molecule has 0 aliphatic carbocycles. The highest BCUT2D eigenvalue weighted by atomic mass is 32.2. The van der Waals surface area contributed by atoms with E-state index in [1.54, 1.807) is 22.9 Å². The lowest BCUT2D eigenvalue weighted by atomic mass is 10.4. The van der Waals surface area contributed by atoms with Crippen LogP contribution >= 0.6 is 0 Å². The number of sulfone groups is 1. The zero-order valence-corrected chi connectivity index (χ0v) is 13.9. The Morgan fingerprint density at radius 3 is 2.80 bits per heavy atom. The molecule has 0 N–H and O–H groups in total. The van der Waals surface area contributed by atoms with Crippen molar-refractivity contribution in [3.8, 4) is 0 Å². The van der Waals surface area contributed by atoms with Gasteiger partial charge in [0.2, 0.25) is 15.0 Å². The van der Waals surface area contributed by atoms with Crippen molar-refractivity contribution in [2.24, 2.45) is 0 Å². The average Bonchev–Trinajstić information content (AvgIpc) is 2.73. The minimum absolute atomic E-state index is 0.00740. The van der Waals surface area contributed by atoms with Crippen molar-refractivity contribution in [1.82, 2.24) is 14.5 Å². The van der Waals surface area contributed by atoms with E-state index in [2.05, 4.69) is 23.1 Å². The molecule has 0 aliphatic heterocycles. The van der Waals surface area contributed by atoms with Gasteiger partial charge >= 0.3 is 0 Å². The molecule has 20 heavy (non-hydrogen) atoms. The Bertz CT molecular complexity index is 697. The van der Waals surface area contributed by atoms with E-state index in [1.165, 1.54) is 0 Å². The average molecular weight is 313 g/mol. The predicted octanol–water partition coefficient (Wildman–Crippen LogP) is 1.30. The number of hydrogen-bond donors (Lipinski definition) is 0. The van der Waals surface area contributed by atoms with E-state index < -0.39 is 18.6 Å². The molecule has 0 atom stereocenters. The topological polar surface area (TPSA) is 74.1 Å². The molecule has 2 aromatic rings. The Morgan fingerprint density at radius 2 is 2.15 bits per heavy atom. The molecule has 0 aliphatic rings. The van der Waals surface area contributed by atoms with E-state index in [0.29, 0.717) is 17.8 Å². The zero-order valence-electron chi connectivity index (χ0n) is 11.9. The monoisotopic (exact) mass is 313 g/mol. The van der Waals surface area contributed by atoms with Crippen molar-refractivity contribution >= 4 is 29.8 Å². The third kappa shape index (κ3) is 3.44. The lowest BCUT2D eigenvalue weighted by molar-refractivity contribution is 0.0842. The predicted molar refractivity (Wildman–Crippen MR) is 80.3 cm³/mol. The Labute approximate surface area is 120 Å². The van der Waals surface area contributed by atoms with Gasteiger partial charge in [-0.15, -0.1) is 0 Å². The SMILES string of the molecule is C[SiH](C)CCOCn1c(S(C)(=O)=O)nc2ncccc21. The molecule has 2 rings (SSSR count). The first kappa shape index (κ1) is 15.1. The molecule has 0 saturated carbocycles. The minimum Gasteiger partial charge on any atom is -0.361 e. The molecule has 2 aromatic heterocycles. The Morgan fingerprint density at radius 1 is 1.40 bits per heavy atom. The van der Waals surface area contributed by atoms with Gasteiger partial charge in [0.25, 0.3) is 0 Å². The van der Waals surface area contributed by atoms with Gasteiger partial charge in [-0.25, -0.2) is 13.4 Å². The second-order valence-electron chi connectivity index (χ2n) is 5.16. The summed E-state index contributed by atoms with van der Waals surface area (Å²) in [6, 6.07) is 4.62. The molecule has 0 amide bonds. The van der Waals surface area contributed by atoms with Crippen LogP contribution in [0, 0.1) is 0 Å². The van der Waals surface area contributed by atoms with E-state index in [0.717, 1.165) is 12.3 Å². The molecule has 0 aromatic carbocycles. The number of ether oxygens (including phenoxy) is 1. The fraction of sp³-hybridized carbons (Fsp3) is 0.500. The molecule has 6 nitrogen and oxygen atoms in total. The van der Waals surface area contributed by atoms with Crippen LogP contribution in [0.25, 0.3) is 11.2 Å². The summed E-state index contributed by atoms with van der Waals surface area (Å²) in [6.45, 7) is 5.34. The Balaban J connectivity index is 2.29. The molecule has 0 fully saturated rings. The fourth-order valence-electron chi connectivity index (χ4n) is 1.82. The molecular weight excluding hydrogens is 294 g/mol. The maximum absolute atomic E-state index is 11.8. The highest BCUT2D eigenvalue weighted by Gasteiger charge is 2.19. The molecule has 110 valence electrons. The number of hydrogen-bond acceptors (Lipinski definition) is 5. The minimum atomic E-state index is -3.41. The van der Waals surface area contributed by atoms with Gasteiger partial charge in [0.1, 0.15) is 6.73 Å². The highest BCUT2D eigenvalue weighted by molar-refractivity contribution is 7.90. The van der Waals surface area contributed by atoms with Crippen LogP contribution in [0.2, 0.25) is 19.1 Å². The van der Waals surface area contributed by atoms with Crippen molar-refractivity contribution in [1.29, 1.82) is 0 Å². The first-order chi connectivity index (χ1) is 9.39. The van der Waals surface area contributed by atoms with E-state index in [9.17, 15) is 8.42 Å². The smallest absolute Gasteiger partial charge is 0.231 e. The first-order valence-corrected chi connectivity index (χ1v) is 11.5. The van der Waals surface area contributed by atoms with Crippen molar-refractivity contribution in [3.63, 3.8) is 0 Å². The van der Waals surface area contributed by atoms with Gasteiger partial charge in [-0.1, -0.05) is 13.1 Å². The van der Waals surface area contributed by atoms with Crippen LogP contribution < -0.4 is 0 Å². The van der Waals surface area contributed by atoms with Crippen LogP contribution in [0.4, 0.5) is 0 Å². The second-order valence-corrected chi connectivity index (χ2v) is 10.4. The quantitative estimate of drug-likeness (QED) is 0.593. The van der Waals surface area contributed by atoms with Crippen LogP contribution in [0.15, 0.2) is 23.5 Å². The molecule has 8 heteroatoms. The highest BCUT2D eigenvalue weighted by Crippen LogP contribution is 2.17. The number of nitrogens with zero attached hydrogens (tertiary/aromatic N) is 3. The molecule has 0 spiro atoms. The summed E-state index contributed by atoms with van der Waals surface area (Å²) in [7, 11) is -4.07. The summed E-state index contributed by atoms with van der Waals surface area (Å²) >= 11 is 0. The molecule has 2 heterocycles. The normalized spacial score (nSPS) is 12.4. The van der Waals surface area contributed by atoms with Gasteiger partial charge in [0.05, 0.1) is 5.52 Å². The van der Waals surface area contributed by atoms with Crippen molar-refractivity contribution in [3.05, 3.63) is 18.3 Å². The molecule has 0 unspecified atom stereocenters. The Hall–Kier alpha value is -1.25. The third-order valence-corrected chi connectivity index (χ3v) is 5.25. The zero-order chi connectivity index (χ0) is 14.8.